The van der Waals surface area contributed by atoms with Crippen molar-refractivity contribution in [1.82, 2.24) is 14.8 Å². The first-order chi connectivity index (χ1) is 18.6. The molecule has 2 aliphatic carbocycles. The van der Waals surface area contributed by atoms with E-state index in [9.17, 15) is 23.2 Å². The van der Waals surface area contributed by atoms with Crippen LogP contribution in [-0.4, -0.2) is 46.4 Å². The second kappa shape index (κ2) is 9.78. The predicted octanol–water partition coefficient (Wildman–Crippen LogP) is 6.14. The van der Waals surface area contributed by atoms with Gasteiger partial charge in [-0.25, -0.2) is 0 Å². The van der Waals surface area contributed by atoms with Gasteiger partial charge in [-0.1, -0.05) is 30.2 Å². The predicted molar refractivity (Wildman–Crippen MR) is 141 cm³/mol. The number of rotatable bonds is 3. The molecule has 5 nitrogen and oxygen atoms in total. The minimum Gasteiger partial charge on any atom is -0.337 e. The van der Waals surface area contributed by atoms with Crippen LogP contribution in [0.1, 0.15) is 67.3 Å². The summed E-state index contributed by atoms with van der Waals surface area (Å²) in [7, 11) is 0. The molecule has 9 heteroatoms. The molecule has 3 heterocycles. The molecular weight excluding hydrogens is 525 g/mol. The number of pyridine rings is 1. The molecular formula is C30H32ClF3N4O. The summed E-state index contributed by atoms with van der Waals surface area (Å²) in [5.74, 6) is 0.412. The number of amides is 1. The Bertz CT molecular complexity index is 1300. The highest BCUT2D eigenvalue weighted by Gasteiger charge is 2.57. The number of nitriles is 1. The first kappa shape index (κ1) is 26.6. The zero-order valence-electron chi connectivity index (χ0n) is 21.8. The van der Waals surface area contributed by atoms with Gasteiger partial charge < -0.3 is 9.80 Å². The summed E-state index contributed by atoms with van der Waals surface area (Å²) in [6.45, 7) is 2.31. The van der Waals surface area contributed by atoms with E-state index in [0.717, 1.165) is 69.8 Å². The second-order valence-electron chi connectivity index (χ2n) is 11.9. The molecule has 1 amide bonds. The summed E-state index contributed by atoms with van der Waals surface area (Å²) < 4.78 is 39.9. The number of aromatic nitrogens is 1. The van der Waals surface area contributed by atoms with Crippen LogP contribution in [-0.2, 0) is 29.4 Å². The monoisotopic (exact) mass is 556 g/mol. The number of carbonyl (C=O) groups excluding carboxylic acids is 1. The summed E-state index contributed by atoms with van der Waals surface area (Å²) in [5.41, 5.74) is 0.468. The van der Waals surface area contributed by atoms with Gasteiger partial charge in [0.15, 0.2) is 0 Å². The number of hydrogen-bond acceptors (Lipinski definition) is 4. The van der Waals surface area contributed by atoms with Crippen molar-refractivity contribution < 1.29 is 18.0 Å². The van der Waals surface area contributed by atoms with Gasteiger partial charge in [-0.15, -0.1) is 0 Å². The third kappa shape index (κ3) is 4.62. The van der Waals surface area contributed by atoms with E-state index in [0.29, 0.717) is 35.2 Å². The Labute approximate surface area is 231 Å². The minimum absolute atomic E-state index is 0.111. The van der Waals surface area contributed by atoms with E-state index in [4.69, 9.17) is 11.6 Å². The fourth-order valence-electron chi connectivity index (χ4n) is 7.81. The number of hydrogen-bond donors (Lipinski definition) is 0. The van der Waals surface area contributed by atoms with Gasteiger partial charge in [0.2, 0.25) is 5.91 Å². The van der Waals surface area contributed by atoms with E-state index in [1.54, 1.807) is 4.90 Å². The maximum atomic E-state index is 14.1. The standard InChI is InChI=1S/C30H32ClF3N4O/c31-24-5-3-21(4-6-24)28(19-35)9-12-37(13-10-28)25-15-22-2-1-8-29(22,16-25)27(39)38-11-7-26-20(18-38)14-23(17-36-26)30(32,33)34/h3-6,14,17,22,25H,1-2,7-13,15-16,18H2/t22-,25+,29-/m1/s1. The first-order valence-corrected chi connectivity index (χ1v) is 14.3. The Balaban J connectivity index is 1.16. The van der Waals surface area contributed by atoms with E-state index < -0.39 is 22.6 Å². The van der Waals surface area contributed by atoms with Gasteiger partial charge in [-0.3, -0.25) is 9.78 Å². The lowest BCUT2D eigenvalue weighted by Gasteiger charge is -2.41. The average molecular weight is 557 g/mol. The molecule has 2 aromatic rings. The third-order valence-electron chi connectivity index (χ3n) is 9.97. The second-order valence-corrected chi connectivity index (χ2v) is 12.3. The number of fused-ring (bicyclic) bond motifs is 2. The number of likely N-dealkylation sites (tertiary alicyclic amines) is 1. The lowest BCUT2D eigenvalue weighted by Crippen LogP contribution is -2.48. The summed E-state index contributed by atoms with van der Waals surface area (Å²) in [6, 6.07) is 11.6. The highest BCUT2D eigenvalue weighted by molar-refractivity contribution is 6.30. The van der Waals surface area contributed by atoms with Gasteiger partial charge in [0.1, 0.15) is 0 Å². The van der Waals surface area contributed by atoms with Crippen LogP contribution in [0, 0.1) is 22.7 Å². The molecule has 3 atom stereocenters. The minimum atomic E-state index is -4.45. The molecule has 1 aromatic carbocycles. The molecule has 39 heavy (non-hydrogen) atoms. The van der Waals surface area contributed by atoms with E-state index in [-0.39, 0.29) is 18.5 Å². The summed E-state index contributed by atoms with van der Waals surface area (Å²) in [4.78, 5) is 22.4. The molecule has 2 aliphatic heterocycles. The topological polar surface area (TPSA) is 60.2 Å². The molecule has 6 rings (SSSR count). The largest absolute Gasteiger partial charge is 0.417 e. The van der Waals surface area contributed by atoms with Crippen LogP contribution >= 0.6 is 11.6 Å². The fourth-order valence-corrected chi connectivity index (χ4v) is 7.94. The van der Waals surface area contributed by atoms with E-state index in [1.807, 2.05) is 24.3 Å². The molecule has 2 saturated carbocycles. The van der Waals surface area contributed by atoms with Crippen LogP contribution in [0.5, 0.6) is 0 Å². The maximum Gasteiger partial charge on any atom is 0.417 e. The molecule has 0 N–H and O–H groups in total. The normalized spacial score (nSPS) is 28.5. The summed E-state index contributed by atoms with van der Waals surface area (Å²) in [6.07, 6.45) is 3.06. The molecule has 3 fully saturated rings. The molecule has 1 aromatic heterocycles. The van der Waals surface area contributed by atoms with Crippen LogP contribution in [0.15, 0.2) is 36.5 Å². The van der Waals surface area contributed by atoms with Gasteiger partial charge in [0.25, 0.3) is 0 Å². The van der Waals surface area contributed by atoms with Crippen molar-refractivity contribution in [2.24, 2.45) is 11.3 Å². The quantitative estimate of drug-likeness (QED) is 0.455. The van der Waals surface area contributed by atoms with Gasteiger partial charge in [0.05, 0.1) is 22.5 Å². The fraction of sp³-hybridized carbons (Fsp3) is 0.567. The van der Waals surface area contributed by atoms with Crippen LogP contribution in [0.4, 0.5) is 13.2 Å². The zero-order chi connectivity index (χ0) is 27.4. The van der Waals surface area contributed by atoms with E-state index in [1.165, 1.54) is 6.07 Å². The molecule has 0 radical (unpaired) electrons. The number of benzene rings is 1. The van der Waals surface area contributed by atoms with Crippen molar-refractivity contribution in [3.05, 3.63) is 63.9 Å². The zero-order valence-corrected chi connectivity index (χ0v) is 22.6. The Kier molecular flexibility index (Phi) is 6.67. The van der Waals surface area contributed by atoms with Crippen molar-refractivity contribution in [1.29, 1.82) is 5.26 Å². The van der Waals surface area contributed by atoms with Gasteiger partial charge in [0, 0.05) is 55.6 Å². The summed E-state index contributed by atoms with van der Waals surface area (Å²) in [5, 5.41) is 10.8. The molecule has 206 valence electrons. The first-order valence-electron chi connectivity index (χ1n) is 13.9. The smallest absolute Gasteiger partial charge is 0.337 e. The molecule has 1 saturated heterocycles. The van der Waals surface area contributed by atoms with Gasteiger partial charge >= 0.3 is 6.18 Å². The maximum absolute atomic E-state index is 14.1. The Morgan fingerprint density at radius 2 is 1.87 bits per heavy atom. The average Bonchev–Trinajstić information content (AvgIpc) is 3.51. The van der Waals surface area contributed by atoms with Crippen molar-refractivity contribution in [3.63, 3.8) is 0 Å². The Hall–Kier alpha value is -2.63. The SMILES string of the molecule is N#CC1(c2ccc(Cl)cc2)CCN([C@H]2C[C@H]3CCC[C@@]3(C(=O)N3CCc4ncc(C(F)(F)F)cc4C3)C2)CC1. The number of nitrogens with zero attached hydrogens (tertiary/aromatic N) is 4. The van der Waals surface area contributed by atoms with Crippen LogP contribution < -0.4 is 0 Å². The lowest BCUT2D eigenvalue weighted by molar-refractivity contribution is -0.144. The summed E-state index contributed by atoms with van der Waals surface area (Å²) >= 11 is 6.07. The third-order valence-corrected chi connectivity index (χ3v) is 10.2. The number of carbonyl (C=O) groups is 1. The highest BCUT2D eigenvalue weighted by atomic mass is 35.5. The number of alkyl halides is 3. The van der Waals surface area contributed by atoms with Crippen molar-refractivity contribution in [3.8, 4) is 6.07 Å². The van der Waals surface area contributed by atoms with Crippen LogP contribution in [0.25, 0.3) is 0 Å². The molecule has 0 bridgehead atoms. The van der Waals surface area contributed by atoms with Gasteiger partial charge in [-0.05, 0) is 73.8 Å². The molecule has 4 aliphatic rings. The lowest BCUT2D eigenvalue weighted by atomic mass is 9.73. The molecule has 0 spiro atoms. The van der Waals surface area contributed by atoms with Crippen molar-refractivity contribution >= 4 is 17.5 Å². The van der Waals surface area contributed by atoms with Crippen LogP contribution in [0.2, 0.25) is 5.02 Å². The Morgan fingerprint density at radius 1 is 1.13 bits per heavy atom. The van der Waals surface area contributed by atoms with Gasteiger partial charge in [-0.2, -0.15) is 18.4 Å². The number of piperidine rings is 1. The highest BCUT2D eigenvalue weighted by Crippen LogP contribution is 2.57. The van der Waals surface area contributed by atoms with Crippen molar-refractivity contribution in [2.75, 3.05) is 19.6 Å². The Morgan fingerprint density at radius 3 is 2.56 bits per heavy atom. The van der Waals surface area contributed by atoms with Crippen LogP contribution in [0.3, 0.4) is 0 Å². The number of halogens is 4. The van der Waals surface area contributed by atoms with E-state index >= 15 is 0 Å². The van der Waals surface area contributed by atoms with E-state index in [2.05, 4.69) is 16.0 Å². The van der Waals surface area contributed by atoms with Crippen molar-refractivity contribution in [2.45, 2.75) is 75.5 Å². The molecule has 0 unspecified atom stereocenters.